The van der Waals surface area contributed by atoms with Crippen molar-refractivity contribution in [3.05, 3.63) is 0 Å². The van der Waals surface area contributed by atoms with Gasteiger partial charge in [-0.05, 0) is 21.0 Å². The van der Waals surface area contributed by atoms with Crippen LogP contribution in [0.4, 0.5) is 0 Å². The molecule has 1 heterocycles. The van der Waals surface area contributed by atoms with E-state index in [1.165, 1.54) is 0 Å². The Kier molecular flexibility index (Phi) is 6.32. The third kappa shape index (κ3) is 5.66. The van der Waals surface area contributed by atoms with Gasteiger partial charge in [0.1, 0.15) is 0 Å². The van der Waals surface area contributed by atoms with Gasteiger partial charge in [0.15, 0.2) is 0 Å². The third-order valence-electron chi connectivity index (χ3n) is 2.02. The molecule has 0 aromatic rings. The van der Waals surface area contributed by atoms with E-state index in [1.807, 2.05) is 25.9 Å². The Balaban J connectivity index is 2.41. The lowest BCUT2D eigenvalue weighted by Crippen LogP contribution is -2.28. The van der Waals surface area contributed by atoms with Gasteiger partial charge in [-0.25, -0.2) is 9.65 Å². The lowest BCUT2D eigenvalue weighted by molar-refractivity contribution is 0.165. The molecule has 0 saturated carbocycles. The molecule has 1 N–H and O–H groups in total. The van der Waals surface area contributed by atoms with E-state index in [4.69, 9.17) is 9.05 Å². The fourth-order valence-corrected chi connectivity index (χ4v) is 3.73. The second-order valence-electron chi connectivity index (χ2n) is 4.03. The van der Waals surface area contributed by atoms with Gasteiger partial charge in [-0.2, -0.15) is 11.8 Å². The molecular formula is C9H21N2O3PS. The summed E-state index contributed by atoms with van der Waals surface area (Å²) in [4.78, 5) is 2.02. The van der Waals surface area contributed by atoms with Crippen molar-refractivity contribution in [1.29, 1.82) is 0 Å². The minimum atomic E-state index is -3.09. The molecule has 1 fully saturated rings. The number of nitrogens with one attached hydrogen (secondary N) is 1. The highest BCUT2D eigenvalue weighted by molar-refractivity contribution is 7.99. The Morgan fingerprint density at radius 3 is 3.00 bits per heavy atom. The maximum atomic E-state index is 12.2. The maximum Gasteiger partial charge on any atom is 0.405 e. The summed E-state index contributed by atoms with van der Waals surface area (Å²) >= 11 is 1.76. The van der Waals surface area contributed by atoms with Gasteiger partial charge in [0.25, 0.3) is 0 Å². The van der Waals surface area contributed by atoms with Gasteiger partial charge in [0.05, 0.1) is 12.7 Å². The Hall–Kier alpha value is 0.420. The van der Waals surface area contributed by atoms with Gasteiger partial charge >= 0.3 is 7.75 Å². The van der Waals surface area contributed by atoms with Crippen LogP contribution >= 0.6 is 19.5 Å². The van der Waals surface area contributed by atoms with Crippen molar-refractivity contribution in [1.82, 2.24) is 9.99 Å². The van der Waals surface area contributed by atoms with E-state index in [2.05, 4.69) is 5.09 Å². The number of hydrogen-bond donors (Lipinski definition) is 1. The average molecular weight is 268 g/mol. The second-order valence-corrected chi connectivity index (χ2v) is 6.96. The van der Waals surface area contributed by atoms with E-state index in [1.54, 1.807) is 11.8 Å². The van der Waals surface area contributed by atoms with Crippen LogP contribution in [-0.4, -0.2) is 56.3 Å². The van der Waals surface area contributed by atoms with E-state index in [0.717, 1.165) is 18.1 Å². The van der Waals surface area contributed by atoms with Crippen LogP contribution in [0.15, 0.2) is 0 Å². The van der Waals surface area contributed by atoms with E-state index >= 15 is 0 Å². The molecule has 96 valence electrons. The van der Waals surface area contributed by atoms with Crippen LogP contribution in [0, 0.1) is 0 Å². The summed E-state index contributed by atoms with van der Waals surface area (Å²) in [5, 5.41) is 2.89. The first-order chi connectivity index (χ1) is 7.52. The summed E-state index contributed by atoms with van der Waals surface area (Å²) in [6.07, 6.45) is -0.0389. The van der Waals surface area contributed by atoms with Crippen LogP contribution in [0.1, 0.15) is 6.92 Å². The topological polar surface area (TPSA) is 50.8 Å². The molecule has 2 unspecified atom stereocenters. The molecule has 0 aromatic heterocycles. The van der Waals surface area contributed by atoms with E-state index in [0.29, 0.717) is 13.2 Å². The standard InChI is InChI=1S/C9H21N2O3PS/c1-9-8-16-7-6-13-15(12,14-9)10-4-5-11(2)3/h9H,4-8H2,1-3H3,(H,10,12). The summed E-state index contributed by atoms with van der Waals surface area (Å²) in [7, 11) is 0.851. The van der Waals surface area contributed by atoms with Crippen LogP contribution < -0.4 is 5.09 Å². The number of rotatable bonds is 4. The van der Waals surface area contributed by atoms with E-state index in [9.17, 15) is 4.57 Å². The van der Waals surface area contributed by atoms with Crippen LogP contribution in [-0.2, 0) is 13.6 Å². The number of nitrogens with zero attached hydrogens (tertiary/aromatic N) is 1. The number of thioether (sulfide) groups is 1. The largest absolute Gasteiger partial charge is 0.405 e. The first-order valence-corrected chi connectivity index (χ1v) is 8.12. The zero-order valence-electron chi connectivity index (χ0n) is 10.1. The summed E-state index contributed by atoms with van der Waals surface area (Å²) < 4.78 is 23.0. The van der Waals surface area contributed by atoms with Gasteiger partial charge in [-0.15, -0.1) is 0 Å². The second kappa shape index (κ2) is 6.99. The van der Waals surface area contributed by atoms with Gasteiger partial charge in [0.2, 0.25) is 0 Å². The highest BCUT2D eigenvalue weighted by Gasteiger charge is 2.28. The molecule has 0 spiro atoms. The first-order valence-electron chi connectivity index (χ1n) is 5.42. The lowest BCUT2D eigenvalue weighted by atomic mass is 10.5. The molecule has 0 amide bonds. The van der Waals surface area contributed by atoms with Gasteiger partial charge < -0.3 is 4.90 Å². The third-order valence-corrected chi connectivity index (χ3v) is 4.96. The minimum Gasteiger partial charge on any atom is -0.308 e. The van der Waals surface area contributed by atoms with Crippen LogP contribution in [0.25, 0.3) is 0 Å². The zero-order chi connectivity index (χ0) is 12.0. The Bertz CT molecular complexity index is 253. The average Bonchev–Trinajstić information content (AvgIpc) is 2.13. The van der Waals surface area contributed by atoms with Crippen LogP contribution in [0.2, 0.25) is 0 Å². The lowest BCUT2D eigenvalue weighted by Gasteiger charge is -2.25. The molecule has 0 radical (unpaired) electrons. The van der Waals surface area contributed by atoms with Crippen LogP contribution in [0.3, 0.4) is 0 Å². The van der Waals surface area contributed by atoms with Gasteiger partial charge in [-0.1, -0.05) is 0 Å². The SMILES string of the molecule is CC1CSCCOP(=O)(NCCN(C)C)O1. The van der Waals surface area contributed by atoms with Crippen molar-refractivity contribution in [2.75, 3.05) is 45.3 Å². The number of likely N-dealkylation sites (N-methyl/N-ethyl adjacent to an activating group) is 1. The summed E-state index contributed by atoms with van der Waals surface area (Å²) in [5.41, 5.74) is 0. The molecule has 0 bridgehead atoms. The first kappa shape index (κ1) is 14.5. The molecule has 0 aromatic carbocycles. The molecule has 5 nitrogen and oxygen atoms in total. The molecular weight excluding hydrogens is 247 g/mol. The maximum absolute atomic E-state index is 12.2. The highest BCUT2D eigenvalue weighted by Crippen LogP contribution is 2.46. The van der Waals surface area contributed by atoms with Crippen molar-refractivity contribution >= 4 is 19.5 Å². The van der Waals surface area contributed by atoms with Crippen molar-refractivity contribution in [2.45, 2.75) is 13.0 Å². The summed E-state index contributed by atoms with van der Waals surface area (Å²) in [5.74, 6) is 1.73. The normalized spacial score (nSPS) is 32.4. The van der Waals surface area contributed by atoms with Crippen molar-refractivity contribution in [2.24, 2.45) is 0 Å². The van der Waals surface area contributed by atoms with Crippen molar-refractivity contribution in [3.63, 3.8) is 0 Å². The molecule has 16 heavy (non-hydrogen) atoms. The Labute approximate surface area is 102 Å². The van der Waals surface area contributed by atoms with Crippen molar-refractivity contribution in [3.8, 4) is 0 Å². The van der Waals surface area contributed by atoms with E-state index < -0.39 is 7.75 Å². The van der Waals surface area contributed by atoms with Gasteiger partial charge in [0, 0.05) is 24.6 Å². The van der Waals surface area contributed by atoms with Gasteiger partial charge in [-0.3, -0.25) is 9.05 Å². The predicted molar refractivity (Wildman–Crippen MR) is 68.0 cm³/mol. The molecule has 2 atom stereocenters. The molecule has 7 heteroatoms. The predicted octanol–water partition coefficient (Wildman–Crippen LogP) is 1.41. The zero-order valence-corrected chi connectivity index (χ0v) is 11.9. The molecule has 1 rings (SSSR count). The minimum absolute atomic E-state index is 0.0389. The molecule has 1 aliphatic rings. The smallest absolute Gasteiger partial charge is 0.308 e. The van der Waals surface area contributed by atoms with Crippen LogP contribution in [0.5, 0.6) is 0 Å². The molecule has 1 saturated heterocycles. The quantitative estimate of drug-likeness (QED) is 0.778. The fourth-order valence-electron chi connectivity index (χ4n) is 1.26. The van der Waals surface area contributed by atoms with E-state index in [-0.39, 0.29) is 6.10 Å². The Morgan fingerprint density at radius 2 is 2.31 bits per heavy atom. The Morgan fingerprint density at radius 1 is 1.56 bits per heavy atom. The summed E-state index contributed by atoms with van der Waals surface area (Å²) in [6, 6.07) is 0. The number of hydrogen-bond acceptors (Lipinski definition) is 5. The molecule has 0 aliphatic carbocycles. The monoisotopic (exact) mass is 268 g/mol. The van der Waals surface area contributed by atoms with Crippen molar-refractivity contribution < 1.29 is 13.6 Å². The highest BCUT2D eigenvalue weighted by atomic mass is 32.2. The summed E-state index contributed by atoms with van der Waals surface area (Å²) in [6.45, 7) is 3.80. The molecule has 1 aliphatic heterocycles. The fraction of sp³-hybridized carbons (Fsp3) is 1.00.